The Labute approximate surface area is 97.4 Å². The molecule has 1 heterocycles. The zero-order valence-electron chi connectivity index (χ0n) is 7.88. The molecule has 1 aromatic carbocycles. The van der Waals surface area contributed by atoms with Crippen LogP contribution in [0.1, 0.15) is 11.1 Å². The molecule has 1 aromatic rings. The standard InChI is InChI=1S/C9H8Cl2O3S/c1-5-4-7(10)9(15(11,12)13)6-2-3-14-8(5)6/h4H,2-3H2,1H3. The van der Waals surface area contributed by atoms with Gasteiger partial charge in [-0.05, 0) is 18.6 Å². The van der Waals surface area contributed by atoms with Gasteiger partial charge in [0.1, 0.15) is 10.6 Å². The van der Waals surface area contributed by atoms with Crippen LogP contribution in [0, 0.1) is 6.92 Å². The Morgan fingerprint density at radius 2 is 2.13 bits per heavy atom. The van der Waals surface area contributed by atoms with Crippen LogP contribution in [-0.4, -0.2) is 15.0 Å². The average molecular weight is 267 g/mol. The van der Waals surface area contributed by atoms with E-state index < -0.39 is 9.05 Å². The molecule has 3 nitrogen and oxygen atoms in total. The fourth-order valence-electron chi connectivity index (χ4n) is 1.75. The summed E-state index contributed by atoms with van der Waals surface area (Å²) in [5, 5.41) is 0.159. The lowest BCUT2D eigenvalue weighted by atomic mass is 10.1. The number of ether oxygens (including phenoxy) is 1. The Kier molecular flexibility index (Phi) is 2.61. The number of aryl methyl sites for hydroxylation is 1. The topological polar surface area (TPSA) is 43.4 Å². The van der Waals surface area contributed by atoms with Gasteiger partial charge >= 0.3 is 0 Å². The highest BCUT2D eigenvalue weighted by Crippen LogP contribution is 2.40. The molecular formula is C9H8Cl2O3S. The van der Waals surface area contributed by atoms with Crippen molar-refractivity contribution in [2.75, 3.05) is 6.61 Å². The Morgan fingerprint density at radius 1 is 1.47 bits per heavy atom. The van der Waals surface area contributed by atoms with Crippen LogP contribution in [0.15, 0.2) is 11.0 Å². The normalized spacial score (nSPS) is 14.9. The first-order valence-electron chi connectivity index (χ1n) is 4.30. The maximum Gasteiger partial charge on any atom is 0.263 e. The Morgan fingerprint density at radius 3 is 2.73 bits per heavy atom. The first kappa shape index (κ1) is 11.0. The fourth-order valence-corrected chi connectivity index (χ4v) is 3.76. The number of hydrogen-bond donors (Lipinski definition) is 0. The molecule has 0 amide bonds. The van der Waals surface area contributed by atoms with Crippen molar-refractivity contribution in [3.8, 4) is 5.75 Å². The SMILES string of the molecule is Cc1cc(Cl)c(S(=O)(=O)Cl)c2c1OCC2. The van der Waals surface area contributed by atoms with E-state index in [1.807, 2.05) is 6.92 Å². The number of fused-ring (bicyclic) bond motifs is 1. The maximum absolute atomic E-state index is 11.4. The van der Waals surface area contributed by atoms with E-state index in [9.17, 15) is 8.42 Å². The second-order valence-corrected chi connectivity index (χ2v) is 6.26. The van der Waals surface area contributed by atoms with Crippen molar-refractivity contribution < 1.29 is 13.2 Å². The lowest BCUT2D eigenvalue weighted by Crippen LogP contribution is -1.98. The number of benzene rings is 1. The first-order valence-corrected chi connectivity index (χ1v) is 6.99. The van der Waals surface area contributed by atoms with E-state index in [2.05, 4.69) is 0 Å². The van der Waals surface area contributed by atoms with Crippen molar-refractivity contribution in [2.45, 2.75) is 18.2 Å². The summed E-state index contributed by atoms with van der Waals surface area (Å²) >= 11 is 5.88. The zero-order chi connectivity index (χ0) is 11.2. The third-order valence-electron chi connectivity index (χ3n) is 2.31. The summed E-state index contributed by atoms with van der Waals surface area (Å²) in [5.41, 5.74) is 1.42. The maximum atomic E-state index is 11.4. The highest BCUT2D eigenvalue weighted by molar-refractivity contribution is 8.13. The molecule has 0 atom stereocenters. The fraction of sp³-hybridized carbons (Fsp3) is 0.333. The van der Waals surface area contributed by atoms with Crippen molar-refractivity contribution in [1.82, 2.24) is 0 Å². The zero-order valence-corrected chi connectivity index (χ0v) is 10.2. The van der Waals surface area contributed by atoms with Gasteiger partial charge in [0.15, 0.2) is 0 Å². The molecule has 6 heteroatoms. The van der Waals surface area contributed by atoms with Crippen LogP contribution in [0.25, 0.3) is 0 Å². The molecule has 0 radical (unpaired) electrons. The van der Waals surface area contributed by atoms with Gasteiger partial charge in [0.05, 0.1) is 11.6 Å². The summed E-state index contributed by atoms with van der Waals surface area (Å²) in [7, 11) is 1.52. The third-order valence-corrected chi connectivity index (χ3v) is 4.14. The number of rotatable bonds is 1. The molecule has 0 saturated heterocycles. The van der Waals surface area contributed by atoms with E-state index in [4.69, 9.17) is 27.0 Å². The van der Waals surface area contributed by atoms with Gasteiger partial charge in [-0.3, -0.25) is 0 Å². The van der Waals surface area contributed by atoms with E-state index in [-0.39, 0.29) is 9.92 Å². The monoisotopic (exact) mass is 266 g/mol. The average Bonchev–Trinajstić information content (AvgIpc) is 2.49. The van der Waals surface area contributed by atoms with Crippen LogP contribution < -0.4 is 4.74 Å². The Bertz CT molecular complexity index is 523. The van der Waals surface area contributed by atoms with Crippen molar-refractivity contribution >= 4 is 31.3 Å². The van der Waals surface area contributed by atoms with Crippen molar-refractivity contribution in [2.24, 2.45) is 0 Å². The van der Waals surface area contributed by atoms with Crippen molar-refractivity contribution in [3.05, 3.63) is 22.2 Å². The lowest BCUT2D eigenvalue weighted by Gasteiger charge is -2.09. The minimum absolute atomic E-state index is 0.0102. The van der Waals surface area contributed by atoms with Crippen LogP contribution in [0.3, 0.4) is 0 Å². The van der Waals surface area contributed by atoms with Gasteiger partial charge in [0.2, 0.25) is 0 Å². The van der Waals surface area contributed by atoms with Crippen LogP contribution in [-0.2, 0) is 15.5 Å². The van der Waals surface area contributed by atoms with E-state index >= 15 is 0 Å². The molecule has 0 fully saturated rings. The summed E-state index contributed by atoms with van der Waals surface area (Å²) in [4.78, 5) is -0.0102. The van der Waals surface area contributed by atoms with Crippen LogP contribution in [0.4, 0.5) is 0 Å². The quantitative estimate of drug-likeness (QED) is 0.734. The summed E-state index contributed by atoms with van der Waals surface area (Å²) in [6.07, 6.45) is 0.526. The summed E-state index contributed by atoms with van der Waals surface area (Å²) < 4.78 is 28.0. The van der Waals surface area contributed by atoms with Gasteiger partial charge in [-0.2, -0.15) is 0 Å². The number of hydrogen-bond acceptors (Lipinski definition) is 3. The molecule has 82 valence electrons. The van der Waals surface area contributed by atoms with Gasteiger partial charge in [-0.25, -0.2) is 8.42 Å². The van der Waals surface area contributed by atoms with E-state index in [1.165, 1.54) is 0 Å². The highest BCUT2D eigenvalue weighted by Gasteiger charge is 2.27. The molecule has 0 N–H and O–H groups in total. The van der Waals surface area contributed by atoms with Crippen molar-refractivity contribution in [3.63, 3.8) is 0 Å². The molecule has 1 aliphatic heterocycles. The molecule has 0 aliphatic carbocycles. The minimum atomic E-state index is -3.82. The van der Waals surface area contributed by atoms with Crippen LogP contribution in [0.2, 0.25) is 5.02 Å². The van der Waals surface area contributed by atoms with Gasteiger partial charge in [-0.1, -0.05) is 11.6 Å². The van der Waals surface area contributed by atoms with E-state index in [1.54, 1.807) is 6.07 Å². The number of halogens is 2. The Balaban J connectivity index is 2.82. The third kappa shape index (κ3) is 1.82. The second-order valence-electron chi connectivity index (χ2n) is 3.35. The van der Waals surface area contributed by atoms with E-state index in [0.717, 1.165) is 5.56 Å². The smallest absolute Gasteiger partial charge is 0.263 e. The molecule has 0 unspecified atom stereocenters. The predicted octanol–water partition coefficient (Wildman–Crippen LogP) is 2.51. The molecule has 0 spiro atoms. The van der Waals surface area contributed by atoms with Gasteiger partial charge < -0.3 is 4.74 Å². The molecule has 0 bridgehead atoms. The van der Waals surface area contributed by atoms with Crippen LogP contribution >= 0.6 is 22.3 Å². The van der Waals surface area contributed by atoms with E-state index in [0.29, 0.717) is 24.3 Å². The minimum Gasteiger partial charge on any atom is -0.493 e. The molecule has 0 aromatic heterocycles. The summed E-state index contributed by atoms with van der Waals surface area (Å²) in [6.45, 7) is 2.29. The molecule has 2 rings (SSSR count). The molecular weight excluding hydrogens is 259 g/mol. The lowest BCUT2D eigenvalue weighted by molar-refractivity contribution is 0.354. The van der Waals surface area contributed by atoms with Gasteiger partial charge in [0, 0.05) is 22.7 Å². The Hall–Kier alpha value is -0.450. The summed E-state index contributed by atoms with van der Waals surface area (Å²) in [5.74, 6) is 0.596. The largest absolute Gasteiger partial charge is 0.493 e. The molecule has 0 saturated carbocycles. The highest BCUT2D eigenvalue weighted by atomic mass is 35.7. The predicted molar refractivity (Wildman–Crippen MR) is 58.4 cm³/mol. The van der Waals surface area contributed by atoms with Crippen LogP contribution in [0.5, 0.6) is 5.75 Å². The first-order chi connectivity index (χ1) is 6.91. The van der Waals surface area contributed by atoms with Gasteiger partial charge in [0.25, 0.3) is 9.05 Å². The van der Waals surface area contributed by atoms with Gasteiger partial charge in [-0.15, -0.1) is 0 Å². The summed E-state index contributed by atoms with van der Waals surface area (Å²) in [6, 6.07) is 1.56. The molecule has 1 aliphatic rings. The molecule has 15 heavy (non-hydrogen) atoms. The van der Waals surface area contributed by atoms with Crippen molar-refractivity contribution in [1.29, 1.82) is 0 Å². The second kappa shape index (κ2) is 3.54.